The molecule has 8 atom stereocenters. The predicted octanol–water partition coefficient (Wildman–Crippen LogP) is 4.84. The first-order valence-corrected chi connectivity index (χ1v) is 9.95. The van der Waals surface area contributed by atoms with Crippen LogP contribution in [-0.4, -0.2) is 20.2 Å². The summed E-state index contributed by atoms with van der Waals surface area (Å²) in [5, 5.41) is 1.86. The van der Waals surface area contributed by atoms with Gasteiger partial charge >= 0.3 is 0 Å². The third kappa shape index (κ3) is 1.81. The maximum atomic E-state index is 4.01. The molecule has 0 unspecified atom stereocenters. The summed E-state index contributed by atoms with van der Waals surface area (Å²) in [6.45, 7) is 0. The molecule has 3 heteroatoms. The fourth-order valence-electron chi connectivity index (χ4n) is 4.89. The number of rotatable bonds is 2. The van der Waals surface area contributed by atoms with Gasteiger partial charge in [-0.3, -0.25) is 0 Å². The highest BCUT2D eigenvalue weighted by atomic mass is 79.9. The molecular formula is C14H20Br2S. The first kappa shape index (κ1) is 12.1. The smallest absolute Gasteiger partial charge is 0.0295 e. The predicted molar refractivity (Wildman–Crippen MR) is 82.3 cm³/mol. The van der Waals surface area contributed by atoms with E-state index in [9.17, 15) is 0 Å². The fourth-order valence-corrected chi connectivity index (χ4v) is 9.51. The summed E-state index contributed by atoms with van der Waals surface area (Å²) < 4.78 is 0. The minimum absolute atomic E-state index is 0.824. The molecule has 4 bridgehead atoms. The van der Waals surface area contributed by atoms with Crippen molar-refractivity contribution in [2.75, 3.05) is 0 Å². The molecule has 0 heterocycles. The largest absolute Gasteiger partial charge is 0.152 e. The van der Waals surface area contributed by atoms with Gasteiger partial charge in [-0.25, -0.2) is 0 Å². The van der Waals surface area contributed by atoms with E-state index in [1.54, 1.807) is 0 Å². The average molecular weight is 380 g/mol. The van der Waals surface area contributed by atoms with Crippen LogP contribution >= 0.6 is 43.6 Å². The Morgan fingerprint density at radius 1 is 0.647 bits per heavy atom. The molecule has 0 aromatic heterocycles. The van der Waals surface area contributed by atoms with E-state index in [4.69, 9.17) is 0 Å². The van der Waals surface area contributed by atoms with Gasteiger partial charge in [0, 0.05) is 20.2 Å². The van der Waals surface area contributed by atoms with Gasteiger partial charge < -0.3 is 0 Å². The number of alkyl halides is 2. The van der Waals surface area contributed by atoms with Gasteiger partial charge in [-0.2, -0.15) is 11.8 Å². The lowest BCUT2D eigenvalue weighted by molar-refractivity contribution is 0.488. The Balaban J connectivity index is 1.47. The second-order valence-corrected chi connectivity index (χ2v) is 10.1. The second-order valence-electron chi connectivity index (χ2n) is 6.62. The van der Waals surface area contributed by atoms with Gasteiger partial charge in [0.2, 0.25) is 0 Å². The van der Waals surface area contributed by atoms with Crippen LogP contribution in [0.3, 0.4) is 0 Å². The van der Waals surface area contributed by atoms with E-state index in [0.717, 1.165) is 43.8 Å². The van der Waals surface area contributed by atoms with Crippen molar-refractivity contribution in [2.45, 2.75) is 58.7 Å². The van der Waals surface area contributed by atoms with Crippen molar-refractivity contribution in [1.82, 2.24) is 0 Å². The van der Waals surface area contributed by atoms with Gasteiger partial charge in [0.15, 0.2) is 0 Å². The third-order valence-electron chi connectivity index (χ3n) is 5.80. The molecule has 0 saturated heterocycles. The van der Waals surface area contributed by atoms with Crippen LogP contribution in [0.4, 0.5) is 0 Å². The quantitative estimate of drug-likeness (QED) is 0.618. The van der Waals surface area contributed by atoms with Crippen LogP contribution in [0.25, 0.3) is 0 Å². The van der Waals surface area contributed by atoms with E-state index in [1.807, 2.05) is 0 Å². The van der Waals surface area contributed by atoms with E-state index < -0.39 is 0 Å². The van der Waals surface area contributed by atoms with Gasteiger partial charge in [-0.05, 0) is 62.2 Å². The number of fused-ring (bicyclic) bond motifs is 4. The zero-order chi connectivity index (χ0) is 11.6. The molecule has 0 amide bonds. The highest BCUT2D eigenvalue weighted by Gasteiger charge is 2.52. The third-order valence-corrected chi connectivity index (χ3v) is 11.1. The van der Waals surface area contributed by atoms with Gasteiger partial charge in [0.05, 0.1) is 0 Å². The minimum Gasteiger partial charge on any atom is -0.152 e. The van der Waals surface area contributed by atoms with Gasteiger partial charge in [-0.1, -0.05) is 31.9 Å². The Hall–Kier alpha value is 1.31. The molecule has 96 valence electrons. The number of hydrogen-bond acceptors (Lipinski definition) is 1. The summed E-state index contributed by atoms with van der Waals surface area (Å²) >= 11 is 10.4. The van der Waals surface area contributed by atoms with Crippen LogP contribution in [0.15, 0.2) is 0 Å². The molecule has 0 aromatic carbocycles. The monoisotopic (exact) mass is 378 g/mol. The lowest BCUT2D eigenvalue weighted by atomic mass is 9.99. The Bertz CT molecular complexity index is 287. The standard InChI is InChI=1S/C14H20Br2S/c15-11-7-1-3-9(5-7)13(11)17-14-10-4-2-8(6-10)12(14)16/h7-14H,1-6H2/t7-,8-,9-,10-,11-,12+,13+,14-/m0/s1. The average Bonchev–Trinajstić information content (AvgIpc) is 3.05. The number of halogens is 2. The first-order chi connectivity index (χ1) is 8.24. The van der Waals surface area contributed by atoms with Crippen LogP contribution in [0.2, 0.25) is 0 Å². The normalized spacial score (nSPS) is 60.4. The van der Waals surface area contributed by atoms with Crippen LogP contribution in [0.5, 0.6) is 0 Å². The lowest BCUT2D eigenvalue weighted by Gasteiger charge is -2.34. The van der Waals surface area contributed by atoms with E-state index in [2.05, 4.69) is 43.6 Å². The maximum Gasteiger partial charge on any atom is 0.0295 e. The molecule has 0 spiro atoms. The lowest BCUT2D eigenvalue weighted by Crippen LogP contribution is -2.32. The van der Waals surface area contributed by atoms with Gasteiger partial charge in [0.1, 0.15) is 0 Å². The van der Waals surface area contributed by atoms with Crippen LogP contribution in [-0.2, 0) is 0 Å². The number of hydrogen-bond donors (Lipinski definition) is 0. The molecule has 4 fully saturated rings. The summed E-state index contributed by atoms with van der Waals surface area (Å²) in [5.74, 6) is 4.08. The van der Waals surface area contributed by atoms with Crippen molar-refractivity contribution >= 4 is 43.6 Å². The van der Waals surface area contributed by atoms with Crippen molar-refractivity contribution in [3.05, 3.63) is 0 Å². The minimum atomic E-state index is 0.824. The van der Waals surface area contributed by atoms with Crippen molar-refractivity contribution in [1.29, 1.82) is 0 Å². The van der Waals surface area contributed by atoms with Crippen LogP contribution in [0, 0.1) is 23.7 Å². The molecular weight excluding hydrogens is 360 g/mol. The van der Waals surface area contributed by atoms with Crippen LogP contribution < -0.4 is 0 Å². The highest BCUT2D eigenvalue weighted by Crippen LogP contribution is 2.59. The zero-order valence-electron chi connectivity index (χ0n) is 10.0. The molecule has 17 heavy (non-hydrogen) atoms. The Morgan fingerprint density at radius 2 is 1.06 bits per heavy atom. The van der Waals surface area contributed by atoms with Crippen LogP contribution in [0.1, 0.15) is 38.5 Å². The molecule has 4 saturated carbocycles. The zero-order valence-corrected chi connectivity index (χ0v) is 14.0. The van der Waals surface area contributed by atoms with Crippen molar-refractivity contribution in [3.8, 4) is 0 Å². The first-order valence-electron chi connectivity index (χ1n) is 7.17. The summed E-state index contributed by atoms with van der Waals surface area (Å²) in [6.07, 6.45) is 9.04. The summed E-state index contributed by atoms with van der Waals surface area (Å²) in [7, 11) is 0. The van der Waals surface area contributed by atoms with E-state index in [0.29, 0.717) is 0 Å². The Morgan fingerprint density at radius 3 is 1.41 bits per heavy atom. The topological polar surface area (TPSA) is 0 Å². The second kappa shape index (κ2) is 4.41. The maximum absolute atomic E-state index is 4.01. The Labute approximate surface area is 125 Å². The molecule has 0 nitrogen and oxygen atoms in total. The summed E-state index contributed by atoms with van der Waals surface area (Å²) in [6, 6.07) is 0. The van der Waals surface area contributed by atoms with Crippen molar-refractivity contribution < 1.29 is 0 Å². The summed E-state index contributed by atoms with van der Waals surface area (Å²) in [4.78, 5) is 1.65. The van der Waals surface area contributed by atoms with Gasteiger partial charge in [0.25, 0.3) is 0 Å². The van der Waals surface area contributed by atoms with E-state index in [-0.39, 0.29) is 0 Å². The molecule has 0 aliphatic heterocycles. The molecule has 4 aliphatic rings. The SMILES string of the molecule is Br[C@@H]1[C@H]2CC[C@@H](C2)[C@@H]1S[C@@H]1[C@H]2CC[C@@H](C2)[C@@H]1Br. The molecule has 0 aromatic rings. The van der Waals surface area contributed by atoms with Crippen molar-refractivity contribution in [2.24, 2.45) is 23.7 Å². The van der Waals surface area contributed by atoms with Gasteiger partial charge in [-0.15, -0.1) is 0 Å². The fraction of sp³-hybridized carbons (Fsp3) is 1.00. The molecule has 0 radical (unpaired) electrons. The van der Waals surface area contributed by atoms with E-state index >= 15 is 0 Å². The summed E-state index contributed by atoms with van der Waals surface area (Å²) in [5.41, 5.74) is 0. The highest BCUT2D eigenvalue weighted by molar-refractivity contribution is 9.10. The number of thioether (sulfide) groups is 1. The molecule has 0 N–H and O–H groups in total. The van der Waals surface area contributed by atoms with E-state index in [1.165, 1.54) is 38.5 Å². The Kier molecular flexibility index (Phi) is 3.13. The molecule has 4 aliphatic carbocycles. The molecule has 4 rings (SSSR count). The van der Waals surface area contributed by atoms with Crippen molar-refractivity contribution in [3.63, 3.8) is 0 Å².